The van der Waals surface area contributed by atoms with Gasteiger partial charge in [0.15, 0.2) is 0 Å². The summed E-state index contributed by atoms with van der Waals surface area (Å²) in [4.78, 5) is 0. The van der Waals surface area contributed by atoms with E-state index in [1.54, 1.807) is 0 Å². The van der Waals surface area contributed by atoms with E-state index in [2.05, 4.69) is 12.2 Å². The van der Waals surface area contributed by atoms with Crippen molar-refractivity contribution in [3.05, 3.63) is 24.3 Å². The molecule has 1 aliphatic carbocycles. The monoisotopic (exact) mass is 116 g/mol. The van der Waals surface area contributed by atoms with Crippen molar-refractivity contribution in [3.63, 3.8) is 0 Å². The minimum absolute atomic E-state index is 0. The zero-order valence-corrected chi connectivity index (χ0v) is 5.00. The van der Waals surface area contributed by atoms with E-state index in [1.165, 1.54) is 0 Å². The SMILES string of the molecule is [C-]1=CC=CC1.[H-].[H-].[H-].[Ti+4]. The molecule has 0 bridgehead atoms. The molecule has 0 amide bonds. The fourth-order valence-corrected chi connectivity index (χ4v) is 0.340. The van der Waals surface area contributed by atoms with Gasteiger partial charge in [0.05, 0.1) is 0 Å². The van der Waals surface area contributed by atoms with E-state index in [-0.39, 0.29) is 26.0 Å². The molecule has 0 saturated heterocycles. The van der Waals surface area contributed by atoms with Gasteiger partial charge in [-0.3, -0.25) is 6.08 Å². The first-order valence-corrected chi connectivity index (χ1v) is 1.72. The van der Waals surface area contributed by atoms with E-state index in [9.17, 15) is 0 Å². The Morgan fingerprint density at radius 1 is 1.67 bits per heavy atom. The second kappa shape index (κ2) is 3.39. The van der Waals surface area contributed by atoms with E-state index in [0.29, 0.717) is 0 Å². The quantitative estimate of drug-likeness (QED) is 0.333. The summed E-state index contributed by atoms with van der Waals surface area (Å²) in [5.74, 6) is 0. The average molecular weight is 116 g/mol. The van der Waals surface area contributed by atoms with Crippen molar-refractivity contribution in [2.45, 2.75) is 6.42 Å². The number of hydrogen-bond acceptors (Lipinski definition) is 0. The summed E-state index contributed by atoms with van der Waals surface area (Å²) in [5.41, 5.74) is 0. The average Bonchev–Trinajstić information content (AvgIpc) is 1.76. The van der Waals surface area contributed by atoms with Gasteiger partial charge >= 0.3 is 21.7 Å². The zero-order valence-electron chi connectivity index (χ0n) is 6.44. The predicted octanol–water partition coefficient (Wildman–Crippen LogP) is 1.64. The normalized spacial score (nSPS) is 14.7. The Kier molecular flexibility index (Phi) is 3.50. The van der Waals surface area contributed by atoms with Gasteiger partial charge in [0.2, 0.25) is 0 Å². The van der Waals surface area contributed by atoms with Gasteiger partial charge < -0.3 is 4.28 Å². The largest absolute Gasteiger partial charge is 4.00 e. The Labute approximate surface area is 57.3 Å². The van der Waals surface area contributed by atoms with Crippen LogP contribution < -0.4 is 0 Å². The van der Waals surface area contributed by atoms with Crippen molar-refractivity contribution in [2.24, 2.45) is 0 Å². The van der Waals surface area contributed by atoms with Gasteiger partial charge in [0.1, 0.15) is 0 Å². The van der Waals surface area contributed by atoms with Crippen LogP contribution in [0.25, 0.3) is 0 Å². The number of allylic oxidation sites excluding steroid dienone is 4. The molecule has 0 heterocycles. The van der Waals surface area contributed by atoms with Crippen LogP contribution in [-0.2, 0) is 21.7 Å². The molecule has 0 fully saturated rings. The first-order chi connectivity index (χ1) is 2.50. The molecule has 0 radical (unpaired) electrons. The summed E-state index contributed by atoms with van der Waals surface area (Å²) in [6.07, 6.45) is 10.0. The van der Waals surface area contributed by atoms with Crippen molar-refractivity contribution in [1.82, 2.24) is 0 Å². The van der Waals surface area contributed by atoms with Gasteiger partial charge in [-0.1, -0.05) is 0 Å². The van der Waals surface area contributed by atoms with Crippen molar-refractivity contribution in [2.75, 3.05) is 0 Å². The van der Waals surface area contributed by atoms with Crippen molar-refractivity contribution in [3.8, 4) is 0 Å². The van der Waals surface area contributed by atoms with Crippen LogP contribution >= 0.6 is 0 Å². The summed E-state index contributed by atoms with van der Waals surface area (Å²) >= 11 is 0. The first-order valence-electron chi connectivity index (χ1n) is 1.72. The molecular formula is C5H8Ti. The fourth-order valence-electron chi connectivity index (χ4n) is 0.340. The summed E-state index contributed by atoms with van der Waals surface area (Å²) < 4.78 is 0. The standard InChI is InChI=1S/C5H5.Ti.3H/c1-2-4-5-3-1;;;;/h1-3H,4H2;;;;/q-1;+4;3*-1. The van der Waals surface area contributed by atoms with Gasteiger partial charge in [0.25, 0.3) is 0 Å². The van der Waals surface area contributed by atoms with Crippen LogP contribution in [0, 0.1) is 6.08 Å². The smallest absolute Gasteiger partial charge is 1.00 e. The molecule has 1 aliphatic rings. The fraction of sp³-hybridized carbons (Fsp3) is 0.200. The van der Waals surface area contributed by atoms with Crippen molar-refractivity contribution < 1.29 is 26.0 Å². The third kappa shape index (κ3) is 1.59. The van der Waals surface area contributed by atoms with Gasteiger partial charge in [-0.15, -0.1) is 6.42 Å². The Bertz CT molecular complexity index is 70.3. The molecule has 0 saturated carbocycles. The summed E-state index contributed by atoms with van der Waals surface area (Å²) in [6.45, 7) is 0. The van der Waals surface area contributed by atoms with Crippen molar-refractivity contribution >= 4 is 0 Å². The minimum Gasteiger partial charge on any atom is -1.00 e. The number of rotatable bonds is 0. The van der Waals surface area contributed by atoms with Crippen LogP contribution in [0.5, 0.6) is 0 Å². The molecule has 1 heteroatoms. The van der Waals surface area contributed by atoms with E-state index < -0.39 is 0 Å². The Morgan fingerprint density at radius 3 is 2.67 bits per heavy atom. The minimum atomic E-state index is 0. The molecule has 0 nitrogen and oxygen atoms in total. The zero-order chi connectivity index (χ0) is 3.54. The molecule has 6 heavy (non-hydrogen) atoms. The molecular weight excluding hydrogens is 108 g/mol. The van der Waals surface area contributed by atoms with E-state index in [0.717, 1.165) is 6.42 Å². The Balaban J connectivity index is -0.0000000312. The van der Waals surface area contributed by atoms with Gasteiger partial charge in [-0.25, -0.2) is 12.2 Å². The van der Waals surface area contributed by atoms with Gasteiger partial charge in [-0.2, -0.15) is 6.08 Å². The molecule has 0 N–H and O–H groups in total. The molecule has 0 aromatic heterocycles. The van der Waals surface area contributed by atoms with E-state index >= 15 is 0 Å². The van der Waals surface area contributed by atoms with Gasteiger partial charge in [0, 0.05) is 0 Å². The van der Waals surface area contributed by atoms with Gasteiger partial charge in [-0.05, 0) is 0 Å². The second-order valence-electron chi connectivity index (χ2n) is 1.00. The number of hydrogen-bond donors (Lipinski definition) is 0. The summed E-state index contributed by atoms with van der Waals surface area (Å²) in [6, 6.07) is 0. The third-order valence-electron chi connectivity index (χ3n) is 0.586. The molecule has 1 rings (SSSR count). The third-order valence-corrected chi connectivity index (χ3v) is 0.586. The second-order valence-corrected chi connectivity index (χ2v) is 1.00. The maximum atomic E-state index is 2.99. The summed E-state index contributed by atoms with van der Waals surface area (Å²) in [7, 11) is 0. The van der Waals surface area contributed by atoms with Crippen LogP contribution in [-0.4, -0.2) is 0 Å². The molecule has 0 aliphatic heterocycles. The molecule has 0 atom stereocenters. The van der Waals surface area contributed by atoms with Crippen LogP contribution in [0.1, 0.15) is 10.7 Å². The predicted molar refractivity (Wildman–Crippen MR) is 24.9 cm³/mol. The van der Waals surface area contributed by atoms with Crippen LogP contribution in [0.4, 0.5) is 0 Å². The summed E-state index contributed by atoms with van der Waals surface area (Å²) in [5, 5.41) is 0. The molecule has 32 valence electrons. The van der Waals surface area contributed by atoms with Crippen LogP contribution in [0.3, 0.4) is 0 Å². The van der Waals surface area contributed by atoms with E-state index in [1.807, 2.05) is 12.2 Å². The molecule has 0 aromatic carbocycles. The first kappa shape index (κ1) is 6.19. The van der Waals surface area contributed by atoms with Crippen LogP contribution in [0.2, 0.25) is 0 Å². The Hall–Kier alpha value is 0.194. The topological polar surface area (TPSA) is 0 Å². The maximum Gasteiger partial charge on any atom is 4.00 e. The van der Waals surface area contributed by atoms with Crippen molar-refractivity contribution in [1.29, 1.82) is 0 Å². The molecule has 0 unspecified atom stereocenters. The molecule has 0 spiro atoms. The van der Waals surface area contributed by atoms with Crippen LogP contribution in [0.15, 0.2) is 18.2 Å². The van der Waals surface area contributed by atoms with E-state index in [4.69, 9.17) is 0 Å². The Morgan fingerprint density at radius 2 is 2.50 bits per heavy atom. The molecule has 0 aromatic rings. The maximum absolute atomic E-state index is 2.99.